The Morgan fingerprint density at radius 2 is 2.24 bits per heavy atom. The molecule has 1 heterocycles. The van der Waals surface area contributed by atoms with Gasteiger partial charge < -0.3 is 10.4 Å². The van der Waals surface area contributed by atoms with E-state index in [-0.39, 0.29) is 17.6 Å². The Labute approximate surface area is 99.8 Å². The van der Waals surface area contributed by atoms with Gasteiger partial charge in [0, 0.05) is 12.7 Å². The van der Waals surface area contributed by atoms with Crippen molar-refractivity contribution in [2.24, 2.45) is 5.41 Å². The van der Waals surface area contributed by atoms with Gasteiger partial charge in [0.25, 0.3) is 0 Å². The molecule has 0 aliphatic carbocycles. The van der Waals surface area contributed by atoms with Gasteiger partial charge in [-0.05, 0) is 11.5 Å². The highest BCUT2D eigenvalue weighted by Gasteiger charge is 2.22. The second kappa shape index (κ2) is 5.09. The molecule has 0 bridgehead atoms. The number of hydrogen-bond donors (Lipinski definition) is 2. The smallest absolute Gasteiger partial charge is 0.310 e. The van der Waals surface area contributed by atoms with E-state index in [1.54, 1.807) is 0 Å². The lowest BCUT2D eigenvalue weighted by Crippen LogP contribution is -2.32. The van der Waals surface area contributed by atoms with Crippen molar-refractivity contribution in [2.75, 3.05) is 11.9 Å². The average molecular weight is 239 g/mol. The van der Waals surface area contributed by atoms with Gasteiger partial charge in [0.1, 0.15) is 11.9 Å². The van der Waals surface area contributed by atoms with E-state index in [1.807, 2.05) is 20.8 Å². The van der Waals surface area contributed by atoms with Crippen molar-refractivity contribution in [3.63, 3.8) is 0 Å². The molecule has 0 saturated carbocycles. The van der Waals surface area contributed by atoms with Crippen LogP contribution in [0.4, 0.5) is 11.4 Å². The van der Waals surface area contributed by atoms with Crippen LogP contribution in [0.3, 0.4) is 0 Å². The number of pyridine rings is 1. The number of nitrogens with one attached hydrogen (secondary N) is 1. The van der Waals surface area contributed by atoms with Gasteiger partial charge in [-0.15, -0.1) is 0 Å². The quantitative estimate of drug-likeness (QED) is 0.618. The Kier molecular flexibility index (Phi) is 4.01. The average Bonchev–Trinajstić information content (AvgIpc) is 2.24. The van der Waals surface area contributed by atoms with Crippen LogP contribution in [0, 0.1) is 15.5 Å². The normalized spacial score (nSPS) is 13.2. The molecule has 0 unspecified atom stereocenters. The zero-order valence-electron chi connectivity index (χ0n) is 10.2. The van der Waals surface area contributed by atoms with Gasteiger partial charge in [0.05, 0.1) is 11.0 Å². The number of rotatable bonds is 4. The largest absolute Gasteiger partial charge is 0.391 e. The van der Waals surface area contributed by atoms with Crippen LogP contribution < -0.4 is 5.32 Å². The molecule has 6 heteroatoms. The number of aliphatic hydroxyl groups is 1. The fourth-order valence-electron chi connectivity index (χ4n) is 1.19. The molecule has 0 radical (unpaired) electrons. The van der Waals surface area contributed by atoms with Gasteiger partial charge in [0.15, 0.2) is 0 Å². The Hall–Kier alpha value is -1.69. The van der Waals surface area contributed by atoms with Gasteiger partial charge in [-0.2, -0.15) is 0 Å². The maximum atomic E-state index is 10.7. The lowest BCUT2D eigenvalue weighted by molar-refractivity contribution is -0.384. The highest BCUT2D eigenvalue weighted by molar-refractivity contribution is 5.59. The fourth-order valence-corrected chi connectivity index (χ4v) is 1.19. The first-order valence-corrected chi connectivity index (χ1v) is 5.32. The van der Waals surface area contributed by atoms with Crippen LogP contribution in [0.25, 0.3) is 0 Å². The van der Waals surface area contributed by atoms with Crippen LogP contribution in [-0.4, -0.2) is 27.7 Å². The topological polar surface area (TPSA) is 88.3 Å². The van der Waals surface area contributed by atoms with Crippen LogP contribution in [0.15, 0.2) is 18.5 Å². The predicted octanol–water partition coefficient (Wildman–Crippen LogP) is 1.81. The highest BCUT2D eigenvalue weighted by atomic mass is 16.6. The van der Waals surface area contributed by atoms with Crippen molar-refractivity contribution in [3.05, 3.63) is 28.6 Å². The Morgan fingerprint density at radius 1 is 1.59 bits per heavy atom. The molecule has 6 nitrogen and oxygen atoms in total. The van der Waals surface area contributed by atoms with Gasteiger partial charge in [-0.25, -0.2) is 0 Å². The molecule has 0 aliphatic rings. The summed E-state index contributed by atoms with van der Waals surface area (Å²) in [5.41, 5.74) is 0.0105. The van der Waals surface area contributed by atoms with Crippen LogP contribution in [0.5, 0.6) is 0 Å². The van der Waals surface area contributed by atoms with E-state index in [9.17, 15) is 15.2 Å². The summed E-state index contributed by atoms with van der Waals surface area (Å²) < 4.78 is 0. The molecule has 0 fully saturated rings. The molecule has 2 N–H and O–H groups in total. The second-order valence-corrected chi connectivity index (χ2v) is 4.91. The molecular weight excluding hydrogens is 222 g/mol. The first-order chi connectivity index (χ1) is 7.82. The van der Waals surface area contributed by atoms with Crippen LogP contribution in [-0.2, 0) is 0 Å². The lowest BCUT2D eigenvalue weighted by Gasteiger charge is -2.26. The zero-order valence-corrected chi connectivity index (χ0v) is 10.2. The fraction of sp³-hybridized carbons (Fsp3) is 0.545. The Balaban J connectivity index is 2.73. The summed E-state index contributed by atoms with van der Waals surface area (Å²) in [7, 11) is 0. The monoisotopic (exact) mass is 239 g/mol. The van der Waals surface area contributed by atoms with Crippen molar-refractivity contribution >= 4 is 11.4 Å². The van der Waals surface area contributed by atoms with E-state index in [0.29, 0.717) is 5.69 Å². The number of nitro groups is 1. The predicted molar refractivity (Wildman–Crippen MR) is 64.8 cm³/mol. The van der Waals surface area contributed by atoms with Crippen molar-refractivity contribution in [1.29, 1.82) is 0 Å². The second-order valence-electron chi connectivity index (χ2n) is 4.91. The highest BCUT2D eigenvalue weighted by Crippen LogP contribution is 2.24. The van der Waals surface area contributed by atoms with Crippen molar-refractivity contribution in [2.45, 2.75) is 26.9 Å². The molecule has 0 aromatic carbocycles. The van der Waals surface area contributed by atoms with E-state index in [0.717, 1.165) is 0 Å². The van der Waals surface area contributed by atoms with E-state index >= 15 is 0 Å². The lowest BCUT2D eigenvalue weighted by atomic mass is 9.89. The molecule has 0 amide bonds. The third-order valence-corrected chi connectivity index (χ3v) is 2.48. The molecule has 1 aromatic heterocycles. The molecule has 94 valence electrons. The van der Waals surface area contributed by atoms with Crippen LogP contribution in [0.1, 0.15) is 20.8 Å². The van der Waals surface area contributed by atoms with Crippen molar-refractivity contribution in [1.82, 2.24) is 4.98 Å². The summed E-state index contributed by atoms with van der Waals surface area (Å²) in [4.78, 5) is 13.9. The van der Waals surface area contributed by atoms with Crippen molar-refractivity contribution < 1.29 is 10.0 Å². The first kappa shape index (κ1) is 13.4. The summed E-state index contributed by atoms with van der Waals surface area (Å²) >= 11 is 0. The summed E-state index contributed by atoms with van der Waals surface area (Å²) in [6.07, 6.45) is 2.07. The van der Waals surface area contributed by atoms with Crippen LogP contribution >= 0.6 is 0 Å². The molecule has 1 aromatic rings. The third-order valence-electron chi connectivity index (χ3n) is 2.48. The van der Waals surface area contributed by atoms with Gasteiger partial charge in [-0.3, -0.25) is 15.1 Å². The minimum Gasteiger partial charge on any atom is -0.391 e. The van der Waals surface area contributed by atoms with Crippen LogP contribution in [0.2, 0.25) is 0 Å². The summed E-state index contributed by atoms with van der Waals surface area (Å²) in [6, 6.07) is 1.52. The number of hydrogen-bond acceptors (Lipinski definition) is 5. The number of anilines is 1. The molecular formula is C11H17N3O3. The number of nitrogens with zero attached hydrogens (tertiary/aromatic N) is 2. The maximum Gasteiger partial charge on any atom is 0.310 e. The molecule has 1 atom stereocenters. The van der Waals surface area contributed by atoms with E-state index in [4.69, 9.17) is 0 Å². The number of aliphatic hydroxyl groups excluding tert-OH is 1. The summed E-state index contributed by atoms with van der Waals surface area (Å²) in [5, 5.41) is 23.4. The summed E-state index contributed by atoms with van der Waals surface area (Å²) in [5.74, 6) is 0. The van der Waals surface area contributed by atoms with Gasteiger partial charge in [0.2, 0.25) is 0 Å². The molecule has 0 saturated heterocycles. The SMILES string of the molecule is CC(C)(C)[C@@H](O)CNc1ccncc1[N+](=O)[O-]. The van der Waals surface area contributed by atoms with Crippen molar-refractivity contribution in [3.8, 4) is 0 Å². The Morgan fingerprint density at radius 3 is 2.76 bits per heavy atom. The molecule has 0 aliphatic heterocycles. The molecule has 1 rings (SSSR count). The van der Waals surface area contributed by atoms with E-state index < -0.39 is 11.0 Å². The zero-order chi connectivity index (χ0) is 13.1. The number of aromatic nitrogens is 1. The van der Waals surface area contributed by atoms with E-state index in [2.05, 4.69) is 10.3 Å². The summed E-state index contributed by atoms with van der Waals surface area (Å²) in [6.45, 7) is 5.97. The maximum absolute atomic E-state index is 10.7. The van der Waals surface area contributed by atoms with E-state index in [1.165, 1.54) is 18.5 Å². The standard InChI is InChI=1S/C11H17N3O3/c1-11(2,3)10(15)7-13-8-4-5-12-6-9(8)14(16)17/h4-6,10,15H,7H2,1-3H3,(H,12,13)/t10-/m0/s1. The molecule has 0 spiro atoms. The van der Waals surface area contributed by atoms with Gasteiger partial charge >= 0.3 is 5.69 Å². The minimum absolute atomic E-state index is 0.0893. The first-order valence-electron chi connectivity index (χ1n) is 5.32. The minimum atomic E-state index is -0.588. The molecule has 17 heavy (non-hydrogen) atoms. The third kappa shape index (κ3) is 3.67. The van der Waals surface area contributed by atoms with Gasteiger partial charge in [-0.1, -0.05) is 20.8 Å². The Bertz CT molecular complexity index is 401.